The van der Waals surface area contributed by atoms with Crippen molar-refractivity contribution in [2.24, 2.45) is 0 Å². The topological polar surface area (TPSA) is 76.7 Å². The Hall–Kier alpha value is -2.73. The molecule has 2 N–H and O–H groups in total. The lowest BCUT2D eigenvalue weighted by Crippen LogP contribution is -2.45. The van der Waals surface area contributed by atoms with Gasteiger partial charge >= 0.3 is 0 Å². The van der Waals surface area contributed by atoms with E-state index in [0.717, 1.165) is 19.3 Å². The largest absolute Gasteiger partial charge is 0.493 e. The summed E-state index contributed by atoms with van der Waals surface area (Å²) in [6, 6.07) is 12.8. The molecule has 166 valence electrons. The predicted octanol–water partition coefficient (Wildman–Crippen LogP) is 4.10. The monoisotopic (exact) mass is 444 g/mol. The molecule has 2 aromatic rings. The summed E-state index contributed by atoms with van der Waals surface area (Å²) in [5.74, 6) is 0.421. The molecule has 0 atom stereocenters. The van der Waals surface area contributed by atoms with Crippen molar-refractivity contribution < 1.29 is 19.1 Å². The van der Waals surface area contributed by atoms with E-state index in [1.807, 2.05) is 38.1 Å². The van der Waals surface area contributed by atoms with Crippen molar-refractivity contribution in [1.29, 1.82) is 0 Å². The number of amides is 2. The van der Waals surface area contributed by atoms with Crippen LogP contribution in [0.4, 0.5) is 0 Å². The number of carbonyl (C=O) groups excluding carboxylic acids is 2. The molecule has 1 aliphatic rings. The van der Waals surface area contributed by atoms with Crippen molar-refractivity contribution in [1.82, 2.24) is 10.6 Å². The average Bonchev–Trinajstić information content (AvgIpc) is 2.71. The van der Waals surface area contributed by atoms with E-state index in [0.29, 0.717) is 28.6 Å². The van der Waals surface area contributed by atoms with Crippen molar-refractivity contribution >= 4 is 23.4 Å². The molecule has 0 aliphatic heterocycles. The van der Waals surface area contributed by atoms with Crippen molar-refractivity contribution in [3.8, 4) is 11.5 Å². The second-order valence-electron chi connectivity index (χ2n) is 8.20. The van der Waals surface area contributed by atoms with Crippen LogP contribution in [0, 0.1) is 0 Å². The van der Waals surface area contributed by atoms with Crippen LogP contribution in [0.25, 0.3) is 0 Å². The van der Waals surface area contributed by atoms with Gasteiger partial charge in [-0.3, -0.25) is 9.59 Å². The zero-order valence-corrected chi connectivity index (χ0v) is 18.9. The van der Waals surface area contributed by atoms with Crippen molar-refractivity contribution in [2.75, 3.05) is 20.3 Å². The minimum absolute atomic E-state index is 0.0379. The lowest BCUT2D eigenvalue weighted by Gasteiger charge is -2.42. The zero-order chi connectivity index (χ0) is 22.4. The lowest BCUT2D eigenvalue weighted by molar-refractivity contribution is -0.123. The molecule has 7 heteroatoms. The number of hydrogen-bond donors (Lipinski definition) is 2. The second-order valence-corrected chi connectivity index (χ2v) is 8.64. The first kappa shape index (κ1) is 22.9. The summed E-state index contributed by atoms with van der Waals surface area (Å²) in [6.07, 6.45) is 3.20. The Labute approximate surface area is 188 Å². The molecule has 31 heavy (non-hydrogen) atoms. The van der Waals surface area contributed by atoms with Gasteiger partial charge in [0.2, 0.25) is 0 Å². The van der Waals surface area contributed by atoms with Gasteiger partial charge in [-0.25, -0.2) is 0 Å². The number of nitrogens with one attached hydrogen (secondary N) is 2. The van der Waals surface area contributed by atoms with Crippen LogP contribution in [-0.2, 0) is 10.2 Å². The number of benzene rings is 2. The number of hydrogen-bond acceptors (Lipinski definition) is 4. The van der Waals surface area contributed by atoms with Crippen LogP contribution < -0.4 is 20.1 Å². The average molecular weight is 445 g/mol. The minimum Gasteiger partial charge on any atom is -0.493 e. The van der Waals surface area contributed by atoms with Gasteiger partial charge in [-0.05, 0) is 62.6 Å². The fourth-order valence-corrected chi connectivity index (χ4v) is 3.89. The maximum atomic E-state index is 12.8. The summed E-state index contributed by atoms with van der Waals surface area (Å²) in [5.41, 5.74) is 1.63. The van der Waals surface area contributed by atoms with Crippen LogP contribution in [0.15, 0.2) is 42.5 Å². The van der Waals surface area contributed by atoms with Gasteiger partial charge in [0.1, 0.15) is 0 Å². The van der Waals surface area contributed by atoms with E-state index >= 15 is 0 Å². The van der Waals surface area contributed by atoms with Crippen molar-refractivity contribution in [3.63, 3.8) is 0 Å². The first-order valence-electron chi connectivity index (χ1n) is 10.5. The maximum Gasteiger partial charge on any atom is 0.258 e. The van der Waals surface area contributed by atoms with Gasteiger partial charge < -0.3 is 20.1 Å². The SMILES string of the molecule is COc1cc(C(=O)NCC2(c3ccc(Cl)cc3)CCC2)ccc1OCC(=O)NC(C)C. The van der Waals surface area contributed by atoms with Gasteiger partial charge in [0.05, 0.1) is 7.11 Å². The summed E-state index contributed by atoms with van der Waals surface area (Å²) in [4.78, 5) is 24.6. The number of ether oxygens (including phenoxy) is 2. The molecule has 2 aromatic carbocycles. The first-order valence-corrected chi connectivity index (χ1v) is 10.9. The van der Waals surface area contributed by atoms with Gasteiger partial charge in [-0.2, -0.15) is 0 Å². The fourth-order valence-electron chi connectivity index (χ4n) is 3.76. The van der Waals surface area contributed by atoms with Gasteiger partial charge in [0.15, 0.2) is 18.1 Å². The molecule has 0 bridgehead atoms. The standard InChI is InChI=1S/C24H29ClN2O4/c1-16(2)27-22(28)14-31-20-10-5-17(13-21(20)30-3)23(29)26-15-24(11-4-12-24)18-6-8-19(25)9-7-18/h5-10,13,16H,4,11-12,14-15H2,1-3H3,(H,26,29)(H,27,28). The second kappa shape index (κ2) is 10.1. The van der Waals surface area contributed by atoms with Crippen molar-refractivity contribution in [3.05, 3.63) is 58.6 Å². The maximum absolute atomic E-state index is 12.8. The minimum atomic E-state index is -0.216. The normalized spacial score (nSPS) is 14.5. The highest BCUT2D eigenvalue weighted by atomic mass is 35.5. The third-order valence-electron chi connectivity index (χ3n) is 5.59. The van der Waals surface area contributed by atoms with Crippen molar-refractivity contribution in [2.45, 2.75) is 44.6 Å². The molecule has 2 amide bonds. The van der Waals surface area contributed by atoms with Gasteiger partial charge in [0, 0.05) is 28.6 Å². The Morgan fingerprint density at radius 2 is 1.81 bits per heavy atom. The van der Waals surface area contributed by atoms with Gasteiger partial charge in [-0.1, -0.05) is 30.2 Å². The van der Waals surface area contributed by atoms with E-state index in [-0.39, 0.29) is 29.9 Å². The number of methoxy groups -OCH3 is 1. The van der Waals surface area contributed by atoms with E-state index < -0.39 is 0 Å². The molecule has 6 nitrogen and oxygen atoms in total. The Kier molecular flexibility index (Phi) is 7.44. The molecule has 0 heterocycles. The Morgan fingerprint density at radius 3 is 2.39 bits per heavy atom. The molecule has 0 radical (unpaired) electrons. The molecule has 3 rings (SSSR count). The zero-order valence-electron chi connectivity index (χ0n) is 18.2. The third-order valence-corrected chi connectivity index (χ3v) is 5.84. The van der Waals surface area contributed by atoms with E-state index in [4.69, 9.17) is 21.1 Å². The number of halogens is 1. The summed E-state index contributed by atoms with van der Waals surface area (Å²) < 4.78 is 10.9. The van der Waals surface area contributed by atoms with Crippen LogP contribution in [0.3, 0.4) is 0 Å². The van der Waals surface area contributed by atoms with E-state index in [2.05, 4.69) is 10.6 Å². The smallest absolute Gasteiger partial charge is 0.258 e. The van der Waals surface area contributed by atoms with Crippen LogP contribution in [-0.4, -0.2) is 38.1 Å². The van der Waals surface area contributed by atoms with E-state index in [1.165, 1.54) is 12.7 Å². The first-order chi connectivity index (χ1) is 14.8. The highest BCUT2D eigenvalue weighted by Crippen LogP contribution is 2.43. The molecule has 0 unspecified atom stereocenters. The summed E-state index contributed by atoms with van der Waals surface area (Å²) in [5, 5.41) is 6.53. The molecular weight excluding hydrogens is 416 g/mol. The molecular formula is C24H29ClN2O4. The molecule has 0 saturated heterocycles. The Morgan fingerprint density at radius 1 is 1.10 bits per heavy atom. The van der Waals surface area contributed by atoms with Gasteiger partial charge in [-0.15, -0.1) is 0 Å². The number of carbonyl (C=O) groups is 2. The third kappa shape index (κ3) is 5.70. The summed E-state index contributed by atoms with van der Waals surface area (Å²) in [7, 11) is 1.50. The van der Waals surface area contributed by atoms with Gasteiger partial charge in [0.25, 0.3) is 11.8 Å². The highest BCUT2D eigenvalue weighted by molar-refractivity contribution is 6.30. The van der Waals surface area contributed by atoms with E-state index in [9.17, 15) is 9.59 Å². The molecule has 0 spiro atoms. The summed E-state index contributed by atoms with van der Waals surface area (Å²) >= 11 is 6.02. The predicted molar refractivity (Wildman–Crippen MR) is 121 cm³/mol. The highest BCUT2D eigenvalue weighted by Gasteiger charge is 2.38. The molecule has 1 fully saturated rings. The molecule has 1 aliphatic carbocycles. The quantitative estimate of drug-likeness (QED) is 0.610. The van der Waals surface area contributed by atoms with Crippen LogP contribution in [0.2, 0.25) is 5.02 Å². The lowest BCUT2D eigenvalue weighted by atomic mass is 9.64. The van der Waals surface area contributed by atoms with Crippen LogP contribution >= 0.6 is 11.6 Å². The van der Waals surface area contributed by atoms with E-state index in [1.54, 1.807) is 18.2 Å². The Balaban J connectivity index is 1.63. The number of rotatable bonds is 9. The van der Waals surface area contributed by atoms with Crippen LogP contribution in [0.1, 0.15) is 49.0 Å². The Bertz CT molecular complexity index is 924. The summed E-state index contributed by atoms with van der Waals surface area (Å²) in [6.45, 7) is 4.20. The molecule has 0 aromatic heterocycles. The fraction of sp³-hybridized carbons (Fsp3) is 0.417. The molecule has 1 saturated carbocycles. The van der Waals surface area contributed by atoms with Crippen LogP contribution in [0.5, 0.6) is 11.5 Å².